The number of hydrazine groups is 1. The fourth-order valence-electron chi connectivity index (χ4n) is 1.58. The minimum atomic E-state index is 0.114. The molecule has 1 amide bonds. The molecule has 5 nitrogen and oxygen atoms in total. The summed E-state index contributed by atoms with van der Waals surface area (Å²) in [6.45, 7) is 2.49. The van der Waals surface area contributed by atoms with Gasteiger partial charge in [0.05, 0.1) is 6.04 Å². The van der Waals surface area contributed by atoms with Crippen LogP contribution in [-0.2, 0) is 9.53 Å². The molecule has 1 unspecified atom stereocenters. The van der Waals surface area contributed by atoms with Gasteiger partial charge in [-0.15, -0.1) is 0 Å². The Balaban J connectivity index is 1.78. The SMILES string of the molecule is CC1=CNNC(OCC2CCC(=O)N2)=C1. The molecule has 2 aliphatic heterocycles. The number of nitrogens with one attached hydrogen (secondary N) is 3. The fraction of sp³-hybridized carbons (Fsp3) is 0.500. The van der Waals surface area contributed by atoms with Gasteiger partial charge in [-0.25, -0.2) is 0 Å². The summed E-state index contributed by atoms with van der Waals surface area (Å²) in [4.78, 5) is 10.9. The molecule has 0 aromatic rings. The van der Waals surface area contributed by atoms with E-state index in [1.54, 1.807) is 0 Å². The number of amides is 1. The highest BCUT2D eigenvalue weighted by Crippen LogP contribution is 2.09. The standard InChI is InChI=1S/C10H15N3O2/c1-7-4-10(13-11-5-7)15-6-8-2-3-9(14)12-8/h4-5,8,11,13H,2-3,6H2,1H3,(H,12,14). The maximum absolute atomic E-state index is 10.9. The summed E-state index contributed by atoms with van der Waals surface area (Å²) in [5.74, 6) is 0.805. The molecule has 0 aliphatic carbocycles. The second kappa shape index (κ2) is 4.25. The molecule has 0 bridgehead atoms. The second-order valence-electron chi connectivity index (χ2n) is 3.78. The van der Waals surface area contributed by atoms with E-state index in [2.05, 4.69) is 16.2 Å². The summed E-state index contributed by atoms with van der Waals surface area (Å²) < 4.78 is 5.52. The Bertz CT molecular complexity index is 323. The van der Waals surface area contributed by atoms with Crippen molar-refractivity contribution in [1.29, 1.82) is 0 Å². The molecule has 15 heavy (non-hydrogen) atoms. The summed E-state index contributed by atoms with van der Waals surface area (Å²) in [7, 11) is 0. The van der Waals surface area contributed by atoms with Crippen molar-refractivity contribution in [3.63, 3.8) is 0 Å². The zero-order valence-corrected chi connectivity index (χ0v) is 8.67. The number of hydrogen-bond acceptors (Lipinski definition) is 4. The Morgan fingerprint density at radius 1 is 1.60 bits per heavy atom. The first kappa shape index (κ1) is 9.89. The molecule has 0 aromatic carbocycles. The van der Waals surface area contributed by atoms with Gasteiger partial charge in [0.2, 0.25) is 11.8 Å². The van der Waals surface area contributed by atoms with Crippen LogP contribution in [0, 0.1) is 0 Å². The molecule has 0 radical (unpaired) electrons. The number of ether oxygens (including phenoxy) is 1. The molecular weight excluding hydrogens is 194 g/mol. The fourth-order valence-corrected chi connectivity index (χ4v) is 1.58. The van der Waals surface area contributed by atoms with E-state index in [4.69, 9.17) is 4.74 Å². The molecule has 2 heterocycles. The number of hydrogen-bond donors (Lipinski definition) is 3. The van der Waals surface area contributed by atoms with Crippen molar-refractivity contribution in [2.45, 2.75) is 25.8 Å². The van der Waals surface area contributed by atoms with E-state index in [1.165, 1.54) is 0 Å². The normalized spacial score (nSPS) is 24.6. The van der Waals surface area contributed by atoms with Crippen LogP contribution in [0.4, 0.5) is 0 Å². The van der Waals surface area contributed by atoms with E-state index in [0.29, 0.717) is 18.9 Å². The van der Waals surface area contributed by atoms with E-state index < -0.39 is 0 Å². The molecule has 2 rings (SSSR count). The minimum Gasteiger partial charge on any atom is -0.476 e. The summed E-state index contributed by atoms with van der Waals surface area (Å²) in [6.07, 6.45) is 5.23. The van der Waals surface area contributed by atoms with E-state index >= 15 is 0 Å². The molecule has 82 valence electrons. The lowest BCUT2D eigenvalue weighted by Gasteiger charge is -2.18. The van der Waals surface area contributed by atoms with Crippen LogP contribution in [0.1, 0.15) is 19.8 Å². The van der Waals surface area contributed by atoms with Crippen molar-refractivity contribution in [1.82, 2.24) is 16.2 Å². The number of rotatable bonds is 3. The third-order valence-electron chi connectivity index (χ3n) is 2.38. The van der Waals surface area contributed by atoms with Gasteiger partial charge in [-0.05, 0) is 18.9 Å². The van der Waals surface area contributed by atoms with Crippen LogP contribution in [0.5, 0.6) is 0 Å². The molecule has 0 aromatic heterocycles. The topological polar surface area (TPSA) is 62.4 Å². The van der Waals surface area contributed by atoms with Gasteiger partial charge < -0.3 is 15.5 Å². The van der Waals surface area contributed by atoms with Gasteiger partial charge in [0, 0.05) is 18.7 Å². The van der Waals surface area contributed by atoms with E-state index in [9.17, 15) is 4.79 Å². The summed E-state index contributed by atoms with van der Waals surface area (Å²) >= 11 is 0. The average Bonchev–Trinajstić information content (AvgIpc) is 2.62. The van der Waals surface area contributed by atoms with Crippen molar-refractivity contribution < 1.29 is 9.53 Å². The predicted octanol–water partition coefficient (Wildman–Crippen LogP) is 0.135. The van der Waals surface area contributed by atoms with Crippen LogP contribution in [0.15, 0.2) is 23.7 Å². The Kier molecular flexibility index (Phi) is 2.80. The summed E-state index contributed by atoms with van der Waals surface area (Å²) in [6, 6.07) is 0.145. The van der Waals surface area contributed by atoms with Crippen LogP contribution in [-0.4, -0.2) is 18.6 Å². The van der Waals surface area contributed by atoms with Gasteiger partial charge in [0.15, 0.2) is 0 Å². The molecule has 0 spiro atoms. The average molecular weight is 209 g/mol. The highest BCUT2D eigenvalue weighted by atomic mass is 16.5. The van der Waals surface area contributed by atoms with Crippen LogP contribution < -0.4 is 16.2 Å². The highest BCUT2D eigenvalue weighted by Gasteiger charge is 2.21. The Hall–Kier alpha value is -1.65. The smallest absolute Gasteiger partial charge is 0.220 e. The van der Waals surface area contributed by atoms with Crippen LogP contribution >= 0.6 is 0 Å². The first-order chi connectivity index (χ1) is 7.24. The van der Waals surface area contributed by atoms with Crippen molar-refractivity contribution in [2.75, 3.05) is 6.61 Å². The van der Waals surface area contributed by atoms with Gasteiger partial charge in [-0.1, -0.05) is 0 Å². The number of carbonyl (C=O) groups is 1. The van der Waals surface area contributed by atoms with E-state index in [1.807, 2.05) is 19.2 Å². The number of carbonyl (C=O) groups excluding carboxylic acids is 1. The number of allylic oxidation sites excluding steroid dienone is 2. The Morgan fingerprint density at radius 3 is 3.13 bits per heavy atom. The Labute approximate surface area is 88.5 Å². The van der Waals surface area contributed by atoms with Crippen molar-refractivity contribution in [3.05, 3.63) is 23.7 Å². The lowest BCUT2D eigenvalue weighted by molar-refractivity contribution is -0.119. The largest absolute Gasteiger partial charge is 0.476 e. The zero-order valence-electron chi connectivity index (χ0n) is 8.67. The lowest BCUT2D eigenvalue weighted by Crippen LogP contribution is -2.34. The monoisotopic (exact) mass is 209 g/mol. The molecule has 1 fully saturated rings. The molecular formula is C10H15N3O2. The van der Waals surface area contributed by atoms with E-state index in [0.717, 1.165) is 12.0 Å². The van der Waals surface area contributed by atoms with Crippen LogP contribution in [0.3, 0.4) is 0 Å². The first-order valence-electron chi connectivity index (χ1n) is 5.06. The van der Waals surface area contributed by atoms with Gasteiger partial charge in [-0.2, -0.15) is 0 Å². The lowest BCUT2D eigenvalue weighted by atomic mass is 10.2. The summed E-state index contributed by atoms with van der Waals surface area (Å²) in [5.41, 5.74) is 6.86. The van der Waals surface area contributed by atoms with Gasteiger partial charge in [0.25, 0.3) is 0 Å². The second-order valence-corrected chi connectivity index (χ2v) is 3.78. The van der Waals surface area contributed by atoms with Crippen LogP contribution in [0.25, 0.3) is 0 Å². The maximum Gasteiger partial charge on any atom is 0.220 e. The highest BCUT2D eigenvalue weighted by molar-refractivity contribution is 5.78. The van der Waals surface area contributed by atoms with E-state index in [-0.39, 0.29) is 11.9 Å². The first-order valence-corrected chi connectivity index (χ1v) is 5.06. The van der Waals surface area contributed by atoms with Crippen molar-refractivity contribution in [2.24, 2.45) is 0 Å². The quantitative estimate of drug-likeness (QED) is 0.618. The molecule has 1 saturated heterocycles. The van der Waals surface area contributed by atoms with Crippen LogP contribution in [0.2, 0.25) is 0 Å². The predicted molar refractivity (Wildman–Crippen MR) is 55.2 cm³/mol. The van der Waals surface area contributed by atoms with Gasteiger partial charge in [-0.3, -0.25) is 10.2 Å². The molecule has 2 aliphatic rings. The third kappa shape index (κ3) is 2.65. The van der Waals surface area contributed by atoms with Crippen molar-refractivity contribution >= 4 is 5.91 Å². The van der Waals surface area contributed by atoms with Gasteiger partial charge >= 0.3 is 0 Å². The molecule has 5 heteroatoms. The molecule has 3 N–H and O–H groups in total. The minimum absolute atomic E-state index is 0.114. The maximum atomic E-state index is 10.9. The Morgan fingerprint density at radius 2 is 2.47 bits per heavy atom. The molecule has 0 saturated carbocycles. The summed E-state index contributed by atoms with van der Waals surface area (Å²) in [5, 5.41) is 2.85. The van der Waals surface area contributed by atoms with Crippen molar-refractivity contribution in [3.8, 4) is 0 Å². The van der Waals surface area contributed by atoms with Gasteiger partial charge in [0.1, 0.15) is 6.61 Å². The zero-order chi connectivity index (χ0) is 10.7. The third-order valence-corrected chi connectivity index (χ3v) is 2.38. The molecule has 1 atom stereocenters.